The Labute approximate surface area is 124 Å². The van der Waals surface area contributed by atoms with Gasteiger partial charge in [0.2, 0.25) is 0 Å². The molecule has 1 aliphatic carbocycles. The fourth-order valence-corrected chi connectivity index (χ4v) is 4.13. The van der Waals surface area contributed by atoms with Crippen LogP contribution in [0.3, 0.4) is 0 Å². The fourth-order valence-electron chi connectivity index (χ4n) is 2.62. The van der Waals surface area contributed by atoms with Crippen molar-refractivity contribution in [3.8, 4) is 0 Å². The van der Waals surface area contributed by atoms with E-state index in [0.29, 0.717) is 14.8 Å². The first-order chi connectivity index (χ1) is 8.63. The van der Waals surface area contributed by atoms with Gasteiger partial charge < -0.3 is 5.32 Å². The molecule has 0 amide bonds. The van der Waals surface area contributed by atoms with E-state index in [-0.39, 0.29) is 0 Å². The van der Waals surface area contributed by atoms with Crippen LogP contribution >= 0.6 is 35.0 Å². The largest absolute Gasteiger partial charge is 0.311 e. The molecule has 0 heterocycles. The molecule has 0 aromatic heterocycles. The zero-order valence-corrected chi connectivity index (χ0v) is 13.0. The molecule has 1 nitrogen and oxygen atoms in total. The first kappa shape index (κ1) is 14.5. The van der Waals surface area contributed by atoms with Gasteiger partial charge in [0.15, 0.2) is 0 Å². The van der Waals surface area contributed by atoms with Crippen LogP contribution in [0.25, 0.3) is 0 Å². The molecule has 0 unspecified atom stereocenters. The van der Waals surface area contributed by atoms with Gasteiger partial charge in [0.25, 0.3) is 0 Å². The van der Waals surface area contributed by atoms with Gasteiger partial charge in [-0.05, 0) is 42.9 Å². The van der Waals surface area contributed by atoms with Crippen LogP contribution in [0.5, 0.6) is 0 Å². The Morgan fingerprint density at radius 3 is 2.33 bits per heavy atom. The fraction of sp³-hybridized carbons (Fsp3) is 0.571. The summed E-state index contributed by atoms with van der Waals surface area (Å²) in [5.41, 5.74) is 1.15. The minimum atomic E-state index is 0.447. The third kappa shape index (κ3) is 3.80. The molecule has 100 valence electrons. The minimum absolute atomic E-state index is 0.447. The number of halogens is 2. The summed E-state index contributed by atoms with van der Waals surface area (Å²) in [5.74, 6) is 0. The molecular weight excluding hydrogens is 285 g/mol. The Morgan fingerprint density at radius 2 is 1.78 bits per heavy atom. The van der Waals surface area contributed by atoms with E-state index in [4.69, 9.17) is 23.2 Å². The molecule has 1 aromatic rings. The third-order valence-corrected chi connectivity index (χ3v) is 5.50. The van der Waals surface area contributed by atoms with Crippen molar-refractivity contribution in [3.05, 3.63) is 33.8 Å². The normalized spacial score (nSPS) is 18.2. The number of rotatable bonds is 5. The summed E-state index contributed by atoms with van der Waals surface area (Å²) in [5, 5.41) is 4.97. The van der Waals surface area contributed by atoms with Gasteiger partial charge in [0.1, 0.15) is 0 Å². The zero-order chi connectivity index (χ0) is 13.0. The summed E-state index contributed by atoms with van der Waals surface area (Å²) in [6, 6.07) is 5.72. The van der Waals surface area contributed by atoms with Gasteiger partial charge in [-0.3, -0.25) is 0 Å². The summed E-state index contributed by atoms with van der Waals surface area (Å²) in [6.45, 7) is 1.90. The second-order valence-electron chi connectivity index (χ2n) is 4.98. The van der Waals surface area contributed by atoms with Crippen LogP contribution in [0.4, 0.5) is 0 Å². The van der Waals surface area contributed by atoms with Gasteiger partial charge in [-0.2, -0.15) is 11.8 Å². The van der Waals surface area contributed by atoms with Crippen LogP contribution in [0.15, 0.2) is 18.2 Å². The van der Waals surface area contributed by atoms with Crippen LogP contribution < -0.4 is 5.32 Å². The summed E-state index contributed by atoms with van der Waals surface area (Å²) in [6.07, 6.45) is 7.62. The predicted molar refractivity (Wildman–Crippen MR) is 82.9 cm³/mol. The highest BCUT2D eigenvalue weighted by atomic mass is 35.5. The molecule has 2 rings (SSSR count). The quantitative estimate of drug-likeness (QED) is 0.842. The first-order valence-corrected chi connectivity index (χ1v) is 8.32. The number of benzene rings is 1. The predicted octanol–water partition coefficient (Wildman–Crippen LogP) is 4.76. The highest BCUT2D eigenvalue weighted by Crippen LogP contribution is 2.39. The van der Waals surface area contributed by atoms with Gasteiger partial charge in [-0.15, -0.1) is 0 Å². The number of thioether (sulfide) groups is 1. The van der Waals surface area contributed by atoms with Crippen molar-refractivity contribution in [1.82, 2.24) is 5.32 Å². The Hall–Kier alpha value is 0.110. The minimum Gasteiger partial charge on any atom is -0.311 e. The van der Waals surface area contributed by atoms with Crippen molar-refractivity contribution >= 4 is 35.0 Å². The van der Waals surface area contributed by atoms with Crippen molar-refractivity contribution < 1.29 is 0 Å². The molecule has 0 atom stereocenters. The molecule has 1 N–H and O–H groups in total. The van der Waals surface area contributed by atoms with Crippen molar-refractivity contribution in [2.45, 2.75) is 37.0 Å². The third-order valence-electron chi connectivity index (χ3n) is 3.65. The number of nitrogens with one attached hydrogen (secondary N) is 1. The summed E-state index contributed by atoms with van der Waals surface area (Å²) in [4.78, 5) is 0. The van der Waals surface area contributed by atoms with Crippen molar-refractivity contribution in [2.24, 2.45) is 0 Å². The summed E-state index contributed by atoms with van der Waals surface area (Å²) < 4.78 is 0.447. The average molecular weight is 304 g/mol. The molecule has 4 heteroatoms. The Kier molecular flexibility index (Phi) is 5.25. The maximum absolute atomic E-state index is 5.99. The van der Waals surface area contributed by atoms with Crippen LogP contribution in [-0.4, -0.2) is 17.5 Å². The van der Waals surface area contributed by atoms with Crippen molar-refractivity contribution in [2.75, 3.05) is 12.8 Å². The molecule has 1 aromatic carbocycles. The van der Waals surface area contributed by atoms with Crippen LogP contribution in [0.2, 0.25) is 10.0 Å². The van der Waals surface area contributed by atoms with Crippen LogP contribution in [0.1, 0.15) is 31.2 Å². The Bertz CT molecular complexity index is 383. The van der Waals surface area contributed by atoms with Crippen molar-refractivity contribution in [3.63, 3.8) is 0 Å². The van der Waals surface area contributed by atoms with Gasteiger partial charge in [-0.25, -0.2) is 0 Å². The summed E-state index contributed by atoms with van der Waals surface area (Å²) >= 11 is 14.0. The topological polar surface area (TPSA) is 12.0 Å². The molecular formula is C14H19Cl2NS. The Balaban J connectivity index is 1.87. The van der Waals surface area contributed by atoms with Gasteiger partial charge in [0, 0.05) is 27.9 Å². The lowest BCUT2D eigenvalue weighted by Gasteiger charge is -2.27. The maximum atomic E-state index is 5.99. The molecule has 0 saturated heterocycles. The molecule has 1 aliphatic rings. The maximum Gasteiger partial charge on any atom is 0.0424 e. The monoisotopic (exact) mass is 303 g/mol. The zero-order valence-electron chi connectivity index (χ0n) is 10.6. The standard InChI is InChI=1S/C14H19Cl2NS/c1-18-14(4-2-3-5-14)10-17-9-11-6-12(15)8-13(16)7-11/h6-8,17H,2-5,9-10H2,1H3. The van der Waals surface area contributed by atoms with Gasteiger partial charge in [-0.1, -0.05) is 36.0 Å². The number of hydrogen-bond donors (Lipinski definition) is 1. The van der Waals surface area contributed by atoms with Crippen LogP contribution in [0, 0.1) is 0 Å². The van der Waals surface area contributed by atoms with Gasteiger partial charge >= 0.3 is 0 Å². The lowest BCUT2D eigenvalue weighted by molar-refractivity contribution is 0.534. The molecule has 0 bridgehead atoms. The number of hydrogen-bond acceptors (Lipinski definition) is 2. The van der Waals surface area contributed by atoms with E-state index >= 15 is 0 Å². The second kappa shape index (κ2) is 6.51. The molecule has 18 heavy (non-hydrogen) atoms. The van der Waals surface area contributed by atoms with E-state index < -0.39 is 0 Å². The molecule has 1 saturated carbocycles. The van der Waals surface area contributed by atoms with Crippen LogP contribution in [-0.2, 0) is 6.54 Å². The van der Waals surface area contributed by atoms with Gasteiger partial charge in [0.05, 0.1) is 0 Å². The highest BCUT2D eigenvalue weighted by Gasteiger charge is 2.32. The van der Waals surface area contributed by atoms with E-state index in [9.17, 15) is 0 Å². The Morgan fingerprint density at radius 1 is 1.17 bits per heavy atom. The SMILES string of the molecule is CSC1(CNCc2cc(Cl)cc(Cl)c2)CCCC1. The molecule has 0 spiro atoms. The molecule has 0 aliphatic heterocycles. The second-order valence-corrected chi connectivity index (χ2v) is 7.12. The van der Waals surface area contributed by atoms with E-state index in [0.717, 1.165) is 18.7 Å². The molecule has 1 fully saturated rings. The van der Waals surface area contributed by atoms with E-state index in [1.807, 2.05) is 23.9 Å². The lowest BCUT2D eigenvalue weighted by Crippen LogP contribution is -2.34. The van der Waals surface area contributed by atoms with E-state index in [2.05, 4.69) is 11.6 Å². The average Bonchev–Trinajstić information content (AvgIpc) is 2.77. The smallest absolute Gasteiger partial charge is 0.0424 e. The summed E-state index contributed by atoms with van der Waals surface area (Å²) in [7, 11) is 0. The lowest BCUT2D eigenvalue weighted by atomic mass is 10.1. The van der Waals surface area contributed by atoms with E-state index in [1.165, 1.54) is 25.7 Å². The molecule has 0 radical (unpaired) electrons. The first-order valence-electron chi connectivity index (χ1n) is 6.34. The van der Waals surface area contributed by atoms with E-state index in [1.54, 1.807) is 6.07 Å². The van der Waals surface area contributed by atoms with Crippen molar-refractivity contribution in [1.29, 1.82) is 0 Å². The highest BCUT2D eigenvalue weighted by molar-refractivity contribution is 8.00.